The van der Waals surface area contributed by atoms with Crippen molar-refractivity contribution in [3.05, 3.63) is 77.0 Å². The van der Waals surface area contributed by atoms with E-state index in [0.29, 0.717) is 6.42 Å². The molecule has 0 aliphatic carbocycles. The zero-order chi connectivity index (χ0) is 21.5. The molecule has 0 spiro atoms. The Labute approximate surface area is 169 Å². The molecule has 1 aromatic heterocycles. The molecule has 1 atom stereocenters. The molecule has 0 bridgehead atoms. The van der Waals surface area contributed by atoms with Gasteiger partial charge in [0.15, 0.2) is 5.76 Å². The first kappa shape index (κ1) is 19.8. The van der Waals surface area contributed by atoms with Gasteiger partial charge in [0.1, 0.15) is 5.76 Å². The van der Waals surface area contributed by atoms with Gasteiger partial charge in [0, 0.05) is 11.3 Å². The van der Waals surface area contributed by atoms with Crippen LogP contribution in [0.2, 0.25) is 0 Å². The highest BCUT2D eigenvalue weighted by molar-refractivity contribution is 5.99. The number of halogens is 3. The Morgan fingerprint density at radius 2 is 1.93 bits per heavy atom. The molecular formula is C22H17F3N2O3. The number of anilines is 1. The third-order valence-electron chi connectivity index (χ3n) is 4.91. The van der Waals surface area contributed by atoms with E-state index < -0.39 is 17.6 Å². The van der Waals surface area contributed by atoms with Crippen LogP contribution in [-0.2, 0) is 17.4 Å². The Kier molecular flexibility index (Phi) is 4.85. The topological polar surface area (TPSA) is 71.3 Å². The van der Waals surface area contributed by atoms with E-state index in [-0.39, 0.29) is 29.0 Å². The Morgan fingerprint density at radius 3 is 2.70 bits per heavy atom. The Bertz CT molecular complexity index is 1130. The number of carbonyl (C=O) groups excluding carboxylic acids is 2. The average Bonchev–Trinajstić information content (AvgIpc) is 3.32. The maximum atomic E-state index is 12.9. The van der Waals surface area contributed by atoms with Gasteiger partial charge in [0.2, 0.25) is 5.91 Å². The van der Waals surface area contributed by atoms with Crippen molar-refractivity contribution in [1.29, 1.82) is 0 Å². The van der Waals surface area contributed by atoms with Gasteiger partial charge in [-0.3, -0.25) is 9.59 Å². The average molecular weight is 414 g/mol. The van der Waals surface area contributed by atoms with Crippen molar-refractivity contribution in [3.63, 3.8) is 0 Å². The zero-order valence-corrected chi connectivity index (χ0v) is 15.8. The van der Waals surface area contributed by atoms with E-state index in [1.54, 1.807) is 13.0 Å². The Balaban J connectivity index is 1.48. The van der Waals surface area contributed by atoms with Crippen LogP contribution in [0.25, 0.3) is 11.3 Å². The second-order valence-corrected chi connectivity index (χ2v) is 7.08. The molecule has 5 nitrogen and oxygen atoms in total. The predicted octanol–water partition coefficient (Wildman–Crippen LogP) is 4.95. The highest BCUT2D eigenvalue weighted by Gasteiger charge is 2.30. The molecular weight excluding hydrogens is 397 g/mol. The fraction of sp³-hybridized carbons (Fsp3) is 0.182. The smallest absolute Gasteiger partial charge is 0.416 e. The van der Waals surface area contributed by atoms with E-state index in [9.17, 15) is 22.8 Å². The van der Waals surface area contributed by atoms with Crippen molar-refractivity contribution in [2.75, 3.05) is 5.32 Å². The van der Waals surface area contributed by atoms with Gasteiger partial charge in [-0.25, -0.2) is 0 Å². The molecule has 0 radical (unpaired) electrons. The van der Waals surface area contributed by atoms with Gasteiger partial charge in [0.25, 0.3) is 5.91 Å². The number of hydrogen-bond donors (Lipinski definition) is 2. The molecule has 2 amide bonds. The maximum Gasteiger partial charge on any atom is 0.416 e. The number of fused-ring (bicyclic) bond motifs is 1. The first-order chi connectivity index (χ1) is 14.2. The molecule has 0 saturated heterocycles. The molecule has 0 saturated carbocycles. The minimum Gasteiger partial charge on any atom is -0.451 e. The van der Waals surface area contributed by atoms with Crippen LogP contribution in [0.1, 0.15) is 40.2 Å². The minimum absolute atomic E-state index is 0.00716. The van der Waals surface area contributed by atoms with Crippen molar-refractivity contribution in [2.24, 2.45) is 0 Å². The summed E-state index contributed by atoms with van der Waals surface area (Å²) >= 11 is 0. The van der Waals surface area contributed by atoms with E-state index in [1.165, 1.54) is 24.3 Å². The van der Waals surface area contributed by atoms with Crippen molar-refractivity contribution >= 4 is 17.5 Å². The standard InChI is InChI=1S/C22H17F3N2O3/c1-12(13-5-6-17-15(9-13)11-20(28)27-17)26-21(29)19-8-7-18(30-19)14-3-2-4-16(10-14)22(23,24)25/h2-10,12H,11H2,1H3,(H,26,29)(H,27,28)/t12-/m0/s1. The van der Waals surface area contributed by atoms with Crippen molar-refractivity contribution < 1.29 is 27.2 Å². The maximum absolute atomic E-state index is 12.9. The van der Waals surface area contributed by atoms with Crippen LogP contribution in [0, 0.1) is 0 Å². The first-order valence-electron chi connectivity index (χ1n) is 9.22. The molecule has 154 valence electrons. The molecule has 8 heteroatoms. The molecule has 2 aromatic carbocycles. The van der Waals surface area contributed by atoms with Crippen LogP contribution in [0.3, 0.4) is 0 Å². The molecule has 0 unspecified atom stereocenters. The van der Waals surface area contributed by atoms with Gasteiger partial charge in [0.05, 0.1) is 18.0 Å². The Morgan fingerprint density at radius 1 is 1.13 bits per heavy atom. The largest absolute Gasteiger partial charge is 0.451 e. The molecule has 0 fully saturated rings. The first-order valence-corrected chi connectivity index (χ1v) is 9.22. The van der Waals surface area contributed by atoms with Gasteiger partial charge in [-0.05, 0) is 48.4 Å². The van der Waals surface area contributed by atoms with Crippen molar-refractivity contribution in [1.82, 2.24) is 5.32 Å². The summed E-state index contributed by atoms with van der Waals surface area (Å²) in [6.45, 7) is 1.79. The third-order valence-corrected chi connectivity index (χ3v) is 4.91. The second kappa shape index (κ2) is 7.37. The lowest BCUT2D eigenvalue weighted by Crippen LogP contribution is -2.26. The summed E-state index contributed by atoms with van der Waals surface area (Å²) in [5.74, 6) is -0.403. The quantitative estimate of drug-likeness (QED) is 0.635. The second-order valence-electron chi connectivity index (χ2n) is 7.08. The summed E-state index contributed by atoms with van der Waals surface area (Å²) in [5, 5.41) is 5.55. The van der Waals surface area contributed by atoms with Gasteiger partial charge >= 0.3 is 6.18 Å². The molecule has 4 rings (SSSR count). The molecule has 1 aliphatic heterocycles. The summed E-state index contributed by atoms with van der Waals surface area (Å²) in [6, 6.07) is 12.7. The number of hydrogen-bond acceptors (Lipinski definition) is 3. The number of amides is 2. The van der Waals surface area contributed by atoms with E-state index in [1.807, 2.05) is 12.1 Å². The molecule has 2 heterocycles. The summed E-state index contributed by atoms with van der Waals surface area (Å²) in [4.78, 5) is 24.0. The summed E-state index contributed by atoms with van der Waals surface area (Å²) in [6.07, 6.45) is -4.17. The predicted molar refractivity (Wildman–Crippen MR) is 104 cm³/mol. The summed E-state index contributed by atoms with van der Waals surface area (Å²) < 4.78 is 44.2. The van der Waals surface area contributed by atoms with Crippen LogP contribution in [0.5, 0.6) is 0 Å². The van der Waals surface area contributed by atoms with Crippen LogP contribution in [-0.4, -0.2) is 11.8 Å². The minimum atomic E-state index is -4.46. The van der Waals surface area contributed by atoms with E-state index in [0.717, 1.165) is 28.9 Å². The summed E-state index contributed by atoms with van der Waals surface area (Å²) in [5.41, 5.74) is 1.89. The lowest BCUT2D eigenvalue weighted by molar-refractivity contribution is -0.137. The van der Waals surface area contributed by atoms with Crippen LogP contribution in [0.15, 0.2) is 59.0 Å². The van der Waals surface area contributed by atoms with E-state index >= 15 is 0 Å². The normalized spacial score (nSPS) is 14.2. The number of furan rings is 1. The lowest BCUT2D eigenvalue weighted by Gasteiger charge is -2.14. The molecule has 30 heavy (non-hydrogen) atoms. The Hall–Kier alpha value is -3.55. The van der Waals surface area contributed by atoms with E-state index in [2.05, 4.69) is 10.6 Å². The zero-order valence-electron chi connectivity index (χ0n) is 15.8. The fourth-order valence-corrected chi connectivity index (χ4v) is 3.33. The number of carbonyl (C=O) groups is 2. The van der Waals surface area contributed by atoms with E-state index in [4.69, 9.17) is 4.42 Å². The van der Waals surface area contributed by atoms with Gasteiger partial charge < -0.3 is 15.1 Å². The van der Waals surface area contributed by atoms with Gasteiger partial charge in [-0.15, -0.1) is 0 Å². The van der Waals surface area contributed by atoms with Crippen molar-refractivity contribution in [2.45, 2.75) is 25.6 Å². The van der Waals surface area contributed by atoms with Gasteiger partial charge in [-0.1, -0.05) is 24.3 Å². The number of rotatable bonds is 4. The number of alkyl halides is 3. The fourth-order valence-electron chi connectivity index (χ4n) is 3.33. The molecule has 2 N–H and O–H groups in total. The summed E-state index contributed by atoms with van der Waals surface area (Å²) in [7, 11) is 0. The van der Waals surface area contributed by atoms with Crippen molar-refractivity contribution in [3.8, 4) is 11.3 Å². The number of benzene rings is 2. The highest BCUT2D eigenvalue weighted by atomic mass is 19.4. The van der Waals surface area contributed by atoms with Crippen LogP contribution >= 0.6 is 0 Å². The number of nitrogens with one attached hydrogen (secondary N) is 2. The van der Waals surface area contributed by atoms with Crippen LogP contribution in [0.4, 0.5) is 18.9 Å². The van der Waals surface area contributed by atoms with Gasteiger partial charge in [-0.2, -0.15) is 13.2 Å². The third kappa shape index (κ3) is 3.94. The highest BCUT2D eigenvalue weighted by Crippen LogP contribution is 2.33. The molecule has 1 aliphatic rings. The monoisotopic (exact) mass is 414 g/mol. The van der Waals surface area contributed by atoms with Crippen LogP contribution < -0.4 is 10.6 Å². The lowest BCUT2D eigenvalue weighted by atomic mass is 10.0. The SMILES string of the molecule is C[C@H](NC(=O)c1ccc(-c2cccc(C(F)(F)F)c2)o1)c1ccc2c(c1)CC(=O)N2. The molecule has 3 aromatic rings.